The number of aliphatic carboxylic acids is 1. The van der Waals surface area contributed by atoms with Gasteiger partial charge in [0.1, 0.15) is 0 Å². The number of carbonyl (C=O) groups is 2. The normalized spacial score (nSPS) is 21.6. The fraction of sp³-hybridized carbons (Fsp3) is 0.467. The molecule has 3 N–H and O–H groups in total. The third-order valence-corrected chi connectivity index (χ3v) is 3.73. The molecule has 1 aromatic rings. The number of benzene rings is 1. The molecule has 1 aliphatic rings. The molecule has 2 atom stereocenters. The molecule has 5 heteroatoms. The highest BCUT2D eigenvalue weighted by Crippen LogP contribution is 2.31. The van der Waals surface area contributed by atoms with E-state index in [1.807, 2.05) is 31.3 Å². The van der Waals surface area contributed by atoms with E-state index in [0.29, 0.717) is 19.3 Å². The van der Waals surface area contributed by atoms with E-state index in [1.54, 1.807) is 0 Å². The van der Waals surface area contributed by atoms with Gasteiger partial charge in [-0.05, 0) is 44.0 Å². The van der Waals surface area contributed by atoms with E-state index in [9.17, 15) is 9.59 Å². The van der Waals surface area contributed by atoms with E-state index in [4.69, 9.17) is 5.11 Å². The van der Waals surface area contributed by atoms with Gasteiger partial charge in [0.2, 0.25) is 5.91 Å². The fourth-order valence-electron chi connectivity index (χ4n) is 2.65. The summed E-state index contributed by atoms with van der Waals surface area (Å²) >= 11 is 0. The third-order valence-electron chi connectivity index (χ3n) is 3.73. The molecule has 0 aliphatic heterocycles. The first-order chi connectivity index (χ1) is 9.60. The minimum atomic E-state index is -0.795. The Morgan fingerprint density at radius 3 is 2.70 bits per heavy atom. The van der Waals surface area contributed by atoms with Gasteiger partial charge in [0.15, 0.2) is 0 Å². The molecule has 5 nitrogen and oxygen atoms in total. The summed E-state index contributed by atoms with van der Waals surface area (Å²) in [4.78, 5) is 23.0. The minimum absolute atomic E-state index is 0.0737. The average Bonchev–Trinajstić information content (AvgIpc) is 2.89. The maximum Gasteiger partial charge on any atom is 0.306 e. The smallest absolute Gasteiger partial charge is 0.306 e. The predicted octanol–water partition coefficient (Wildman–Crippen LogP) is 1.85. The zero-order valence-electron chi connectivity index (χ0n) is 11.6. The lowest BCUT2D eigenvalue weighted by atomic mass is 10.0. The Morgan fingerprint density at radius 2 is 2.05 bits per heavy atom. The Labute approximate surface area is 118 Å². The van der Waals surface area contributed by atoms with Gasteiger partial charge >= 0.3 is 5.97 Å². The van der Waals surface area contributed by atoms with Crippen molar-refractivity contribution >= 4 is 17.6 Å². The van der Waals surface area contributed by atoms with Gasteiger partial charge in [-0.25, -0.2) is 0 Å². The standard InChI is InChI=1S/C15H20N2O3/c1-16-9-10-3-2-4-13(7-10)17-14(18)11-5-6-12(8-11)15(19)20/h2-4,7,11-12,16H,5-6,8-9H2,1H3,(H,17,18)(H,19,20)/t11-,12+/m1/s1. The van der Waals surface area contributed by atoms with Crippen molar-refractivity contribution in [3.05, 3.63) is 29.8 Å². The summed E-state index contributed by atoms with van der Waals surface area (Å²) in [7, 11) is 1.87. The summed E-state index contributed by atoms with van der Waals surface area (Å²) in [5.41, 5.74) is 1.86. The van der Waals surface area contributed by atoms with Crippen molar-refractivity contribution < 1.29 is 14.7 Å². The zero-order valence-corrected chi connectivity index (χ0v) is 11.6. The topological polar surface area (TPSA) is 78.4 Å². The summed E-state index contributed by atoms with van der Waals surface area (Å²) in [6.45, 7) is 0.744. The number of hydrogen-bond donors (Lipinski definition) is 3. The van der Waals surface area contributed by atoms with Crippen LogP contribution in [0.2, 0.25) is 0 Å². The molecule has 2 rings (SSSR count). The number of carbonyl (C=O) groups excluding carboxylic acids is 1. The molecule has 0 saturated heterocycles. The molecular formula is C15H20N2O3. The van der Waals surface area contributed by atoms with Crippen LogP contribution in [-0.4, -0.2) is 24.0 Å². The molecule has 108 valence electrons. The van der Waals surface area contributed by atoms with Gasteiger partial charge in [-0.3, -0.25) is 9.59 Å². The maximum atomic E-state index is 12.1. The van der Waals surface area contributed by atoms with E-state index in [1.165, 1.54) is 0 Å². The first kappa shape index (κ1) is 14.5. The molecule has 1 aromatic carbocycles. The molecule has 1 amide bonds. The first-order valence-corrected chi connectivity index (χ1v) is 6.87. The summed E-state index contributed by atoms with van der Waals surface area (Å²) < 4.78 is 0. The second kappa shape index (κ2) is 6.52. The number of hydrogen-bond acceptors (Lipinski definition) is 3. The first-order valence-electron chi connectivity index (χ1n) is 6.87. The van der Waals surface area contributed by atoms with Crippen molar-refractivity contribution in [2.75, 3.05) is 12.4 Å². The molecule has 1 fully saturated rings. The van der Waals surface area contributed by atoms with Gasteiger partial charge in [0.05, 0.1) is 5.92 Å². The highest BCUT2D eigenvalue weighted by atomic mass is 16.4. The summed E-state index contributed by atoms with van der Waals surface area (Å²) in [5.74, 6) is -1.43. The van der Waals surface area contributed by atoms with Crippen LogP contribution in [0.15, 0.2) is 24.3 Å². The molecule has 1 saturated carbocycles. The maximum absolute atomic E-state index is 12.1. The molecule has 0 radical (unpaired) electrons. The largest absolute Gasteiger partial charge is 0.481 e. The van der Waals surface area contributed by atoms with Crippen LogP contribution < -0.4 is 10.6 Å². The highest BCUT2D eigenvalue weighted by molar-refractivity contribution is 5.93. The van der Waals surface area contributed by atoms with Crippen molar-refractivity contribution in [1.82, 2.24) is 5.32 Å². The average molecular weight is 276 g/mol. The van der Waals surface area contributed by atoms with Crippen molar-refractivity contribution in [2.45, 2.75) is 25.8 Å². The molecular weight excluding hydrogens is 256 g/mol. The monoisotopic (exact) mass is 276 g/mol. The SMILES string of the molecule is CNCc1cccc(NC(=O)[C@@H]2CC[C@H](C(=O)O)C2)c1. The summed E-state index contributed by atoms with van der Waals surface area (Å²) in [6, 6.07) is 7.66. The Bertz CT molecular complexity index is 502. The molecule has 0 heterocycles. The number of carboxylic acids is 1. The van der Waals surface area contributed by atoms with Gasteiger partial charge in [-0.15, -0.1) is 0 Å². The Hall–Kier alpha value is -1.88. The molecule has 20 heavy (non-hydrogen) atoms. The highest BCUT2D eigenvalue weighted by Gasteiger charge is 2.33. The molecule has 0 spiro atoms. The number of carboxylic acid groups (broad SMARTS) is 1. The Kier molecular flexibility index (Phi) is 4.74. The predicted molar refractivity (Wildman–Crippen MR) is 76.3 cm³/mol. The van der Waals surface area contributed by atoms with E-state index >= 15 is 0 Å². The van der Waals surface area contributed by atoms with E-state index in [0.717, 1.165) is 17.8 Å². The van der Waals surface area contributed by atoms with Crippen molar-refractivity contribution in [2.24, 2.45) is 11.8 Å². The lowest BCUT2D eigenvalue weighted by molar-refractivity contribution is -0.141. The van der Waals surface area contributed by atoms with E-state index in [-0.39, 0.29) is 17.7 Å². The van der Waals surface area contributed by atoms with Crippen molar-refractivity contribution in [1.29, 1.82) is 0 Å². The van der Waals surface area contributed by atoms with Crippen LogP contribution in [0.4, 0.5) is 5.69 Å². The number of amides is 1. The lowest BCUT2D eigenvalue weighted by Gasteiger charge is -2.11. The van der Waals surface area contributed by atoms with Gasteiger partial charge in [0.25, 0.3) is 0 Å². The van der Waals surface area contributed by atoms with Crippen molar-refractivity contribution in [3.8, 4) is 0 Å². The second-order valence-corrected chi connectivity index (χ2v) is 5.27. The Balaban J connectivity index is 1.95. The van der Waals surface area contributed by atoms with Crippen LogP contribution >= 0.6 is 0 Å². The van der Waals surface area contributed by atoms with E-state index in [2.05, 4.69) is 10.6 Å². The molecule has 0 bridgehead atoms. The second-order valence-electron chi connectivity index (χ2n) is 5.27. The Morgan fingerprint density at radius 1 is 1.30 bits per heavy atom. The van der Waals surface area contributed by atoms with E-state index < -0.39 is 5.97 Å². The van der Waals surface area contributed by atoms with Gasteiger partial charge < -0.3 is 15.7 Å². The molecule has 0 aromatic heterocycles. The van der Waals surface area contributed by atoms with Crippen LogP contribution in [-0.2, 0) is 16.1 Å². The molecule has 1 aliphatic carbocycles. The van der Waals surface area contributed by atoms with Crippen LogP contribution in [0.1, 0.15) is 24.8 Å². The number of nitrogens with one attached hydrogen (secondary N) is 2. The summed E-state index contributed by atoms with van der Waals surface area (Å²) in [6.07, 6.45) is 1.68. The van der Waals surface area contributed by atoms with Crippen LogP contribution in [0.3, 0.4) is 0 Å². The quantitative estimate of drug-likeness (QED) is 0.767. The molecule has 0 unspecified atom stereocenters. The summed E-state index contributed by atoms with van der Waals surface area (Å²) in [5, 5.41) is 14.9. The number of anilines is 1. The van der Waals surface area contributed by atoms with Crippen LogP contribution in [0.5, 0.6) is 0 Å². The lowest BCUT2D eigenvalue weighted by Crippen LogP contribution is -2.21. The number of rotatable bonds is 5. The van der Waals surface area contributed by atoms with Gasteiger partial charge in [0, 0.05) is 18.2 Å². The third kappa shape index (κ3) is 3.57. The minimum Gasteiger partial charge on any atom is -0.481 e. The van der Waals surface area contributed by atoms with Gasteiger partial charge in [-0.2, -0.15) is 0 Å². The zero-order chi connectivity index (χ0) is 14.5. The van der Waals surface area contributed by atoms with Gasteiger partial charge in [-0.1, -0.05) is 12.1 Å². The fourth-order valence-corrected chi connectivity index (χ4v) is 2.65. The van der Waals surface area contributed by atoms with Crippen LogP contribution in [0, 0.1) is 11.8 Å². The van der Waals surface area contributed by atoms with Crippen molar-refractivity contribution in [3.63, 3.8) is 0 Å². The van der Waals surface area contributed by atoms with Crippen LogP contribution in [0.25, 0.3) is 0 Å².